The van der Waals surface area contributed by atoms with Crippen molar-refractivity contribution in [2.75, 3.05) is 18.4 Å². The number of hydrogen-bond donors (Lipinski definition) is 3. The molecule has 0 saturated carbocycles. The minimum absolute atomic E-state index is 0.0745. The Morgan fingerprint density at radius 1 is 1.43 bits per heavy atom. The van der Waals surface area contributed by atoms with Crippen molar-refractivity contribution in [2.45, 2.75) is 30.8 Å². The molecule has 1 amide bonds. The largest absolute Gasteiger partial charge is 0.480 e. The quantitative estimate of drug-likeness (QED) is 0.733. The molecule has 0 bridgehead atoms. The van der Waals surface area contributed by atoms with Crippen LogP contribution in [0.5, 0.6) is 0 Å². The molecular formula is C15H19N3O3. The average Bonchev–Trinajstić information content (AvgIpc) is 2.76. The molecule has 1 aromatic carbocycles. The number of nitrogens with zero attached hydrogens (tertiary/aromatic N) is 1. The summed E-state index contributed by atoms with van der Waals surface area (Å²) < 4.78 is 0. The molecule has 1 fully saturated rings. The van der Waals surface area contributed by atoms with Crippen molar-refractivity contribution in [3.8, 4) is 0 Å². The van der Waals surface area contributed by atoms with E-state index < -0.39 is 11.5 Å². The van der Waals surface area contributed by atoms with Gasteiger partial charge in [-0.1, -0.05) is 18.2 Å². The summed E-state index contributed by atoms with van der Waals surface area (Å²) >= 11 is 0. The molecule has 112 valence electrons. The van der Waals surface area contributed by atoms with Crippen molar-refractivity contribution >= 4 is 17.6 Å². The number of carbonyl (C=O) groups excluding carboxylic acids is 1. The average molecular weight is 289 g/mol. The third-order valence-corrected chi connectivity index (χ3v) is 4.46. The number of aryl methyl sites for hydroxylation is 1. The monoisotopic (exact) mass is 289 g/mol. The zero-order chi connectivity index (χ0) is 15.0. The minimum atomic E-state index is -1.24. The van der Waals surface area contributed by atoms with E-state index in [0.29, 0.717) is 19.4 Å². The molecule has 1 saturated heterocycles. The van der Waals surface area contributed by atoms with Crippen molar-refractivity contribution < 1.29 is 14.7 Å². The van der Waals surface area contributed by atoms with E-state index in [0.717, 1.165) is 17.7 Å². The van der Waals surface area contributed by atoms with E-state index in [4.69, 9.17) is 5.73 Å². The Kier molecular flexibility index (Phi) is 3.43. The fourth-order valence-electron chi connectivity index (χ4n) is 3.15. The number of likely N-dealkylation sites (tertiary alicyclic amines) is 1. The van der Waals surface area contributed by atoms with Gasteiger partial charge in [-0.05, 0) is 30.9 Å². The van der Waals surface area contributed by atoms with Gasteiger partial charge >= 0.3 is 5.97 Å². The van der Waals surface area contributed by atoms with Gasteiger partial charge in [-0.3, -0.25) is 14.5 Å². The van der Waals surface area contributed by atoms with Crippen LogP contribution < -0.4 is 11.1 Å². The lowest BCUT2D eigenvalue weighted by atomic mass is 10.0. The maximum Gasteiger partial charge on any atom is 0.325 e. The van der Waals surface area contributed by atoms with E-state index in [-0.39, 0.29) is 18.5 Å². The highest BCUT2D eigenvalue weighted by atomic mass is 16.4. The fraction of sp³-hybridized carbons (Fsp3) is 0.467. The Morgan fingerprint density at radius 2 is 2.19 bits per heavy atom. The normalized spacial score (nSPS) is 29.6. The van der Waals surface area contributed by atoms with Crippen molar-refractivity contribution in [2.24, 2.45) is 5.73 Å². The van der Waals surface area contributed by atoms with Gasteiger partial charge in [0.2, 0.25) is 5.91 Å². The van der Waals surface area contributed by atoms with E-state index in [1.165, 1.54) is 0 Å². The van der Waals surface area contributed by atoms with Crippen molar-refractivity contribution in [3.63, 3.8) is 0 Å². The van der Waals surface area contributed by atoms with Crippen LogP contribution >= 0.6 is 0 Å². The van der Waals surface area contributed by atoms with Gasteiger partial charge in [-0.25, -0.2) is 0 Å². The van der Waals surface area contributed by atoms with Gasteiger partial charge in [0.05, 0.1) is 6.04 Å². The maximum atomic E-state index is 12.4. The molecule has 0 aliphatic carbocycles. The van der Waals surface area contributed by atoms with Gasteiger partial charge in [-0.2, -0.15) is 0 Å². The first-order valence-corrected chi connectivity index (χ1v) is 7.15. The molecule has 2 aliphatic rings. The zero-order valence-corrected chi connectivity index (χ0v) is 11.7. The second kappa shape index (κ2) is 5.13. The summed E-state index contributed by atoms with van der Waals surface area (Å²) in [4.78, 5) is 25.5. The molecule has 0 radical (unpaired) electrons. The molecule has 2 atom stereocenters. The highest BCUT2D eigenvalue weighted by molar-refractivity contribution is 5.96. The SMILES string of the molecule is NC1(C(=O)O)CCN(C2CCc3ccccc3NC2=O)C1. The Hall–Kier alpha value is -1.92. The van der Waals surface area contributed by atoms with E-state index >= 15 is 0 Å². The maximum absolute atomic E-state index is 12.4. The predicted molar refractivity (Wildman–Crippen MR) is 77.9 cm³/mol. The molecule has 21 heavy (non-hydrogen) atoms. The van der Waals surface area contributed by atoms with Gasteiger partial charge in [0.25, 0.3) is 0 Å². The molecule has 0 aromatic heterocycles. The summed E-state index contributed by atoms with van der Waals surface area (Å²) in [6.45, 7) is 0.758. The lowest BCUT2D eigenvalue weighted by molar-refractivity contribution is -0.143. The predicted octanol–water partition coefficient (Wildman–Crippen LogP) is 0.428. The number of rotatable bonds is 2. The number of carbonyl (C=O) groups is 2. The first-order chi connectivity index (χ1) is 9.99. The molecule has 6 heteroatoms. The van der Waals surface area contributed by atoms with Crippen LogP contribution in [0.3, 0.4) is 0 Å². The number of carboxylic acid groups (broad SMARTS) is 1. The lowest BCUT2D eigenvalue weighted by Gasteiger charge is -2.26. The fourth-order valence-corrected chi connectivity index (χ4v) is 3.15. The molecule has 6 nitrogen and oxygen atoms in total. The standard InChI is InChI=1S/C15H19N3O3/c16-15(14(20)21)7-8-18(9-15)12-6-5-10-3-1-2-4-11(10)17-13(12)19/h1-4,12H,5-9,16H2,(H,17,19)(H,20,21). The van der Waals surface area contributed by atoms with Crippen molar-refractivity contribution in [3.05, 3.63) is 29.8 Å². The number of benzene rings is 1. The third kappa shape index (κ3) is 2.52. The number of para-hydroxylation sites is 1. The van der Waals surface area contributed by atoms with Gasteiger partial charge in [0, 0.05) is 18.8 Å². The lowest BCUT2D eigenvalue weighted by Crippen LogP contribution is -2.52. The van der Waals surface area contributed by atoms with E-state index in [9.17, 15) is 14.7 Å². The van der Waals surface area contributed by atoms with Crippen LogP contribution in [-0.4, -0.2) is 46.6 Å². The molecule has 3 rings (SSSR count). The summed E-state index contributed by atoms with van der Waals surface area (Å²) in [5.41, 5.74) is 6.62. The molecule has 0 spiro atoms. The van der Waals surface area contributed by atoms with Crippen LogP contribution in [0.1, 0.15) is 18.4 Å². The second-order valence-electron chi connectivity index (χ2n) is 5.88. The highest BCUT2D eigenvalue weighted by Crippen LogP contribution is 2.27. The van der Waals surface area contributed by atoms with Crippen molar-refractivity contribution in [1.29, 1.82) is 0 Å². The third-order valence-electron chi connectivity index (χ3n) is 4.46. The van der Waals surface area contributed by atoms with Gasteiger partial charge in [0.15, 0.2) is 0 Å². The highest BCUT2D eigenvalue weighted by Gasteiger charge is 2.45. The smallest absolute Gasteiger partial charge is 0.325 e. The molecule has 4 N–H and O–H groups in total. The van der Waals surface area contributed by atoms with E-state index in [1.807, 2.05) is 29.2 Å². The number of carboxylic acids is 1. The molecule has 2 unspecified atom stereocenters. The first kappa shape index (κ1) is 14.0. The van der Waals surface area contributed by atoms with E-state index in [2.05, 4.69) is 5.32 Å². The van der Waals surface area contributed by atoms with Crippen LogP contribution in [0.25, 0.3) is 0 Å². The number of nitrogens with one attached hydrogen (secondary N) is 1. The summed E-state index contributed by atoms with van der Waals surface area (Å²) in [7, 11) is 0. The van der Waals surface area contributed by atoms with Gasteiger partial charge in [0.1, 0.15) is 5.54 Å². The topological polar surface area (TPSA) is 95.7 Å². The summed E-state index contributed by atoms with van der Waals surface area (Å²) in [5.74, 6) is -1.07. The van der Waals surface area contributed by atoms with Crippen LogP contribution in [-0.2, 0) is 16.0 Å². The molecule has 2 aliphatic heterocycles. The van der Waals surface area contributed by atoms with Crippen LogP contribution in [0.2, 0.25) is 0 Å². The Morgan fingerprint density at radius 3 is 2.90 bits per heavy atom. The summed E-state index contributed by atoms with van der Waals surface area (Å²) in [5, 5.41) is 12.1. The first-order valence-electron chi connectivity index (χ1n) is 7.15. The Bertz CT molecular complexity index is 589. The van der Waals surface area contributed by atoms with Crippen LogP contribution in [0.15, 0.2) is 24.3 Å². The number of nitrogens with two attached hydrogens (primary N) is 1. The molecule has 1 aromatic rings. The van der Waals surface area contributed by atoms with E-state index in [1.54, 1.807) is 0 Å². The second-order valence-corrected chi connectivity index (χ2v) is 5.88. The minimum Gasteiger partial charge on any atom is -0.480 e. The molecular weight excluding hydrogens is 270 g/mol. The number of hydrogen-bond acceptors (Lipinski definition) is 4. The number of anilines is 1. The number of aliphatic carboxylic acids is 1. The van der Waals surface area contributed by atoms with Gasteiger partial charge in [-0.15, -0.1) is 0 Å². The number of fused-ring (bicyclic) bond motifs is 1. The van der Waals surface area contributed by atoms with Crippen LogP contribution in [0.4, 0.5) is 5.69 Å². The zero-order valence-electron chi connectivity index (χ0n) is 11.7. The number of amides is 1. The van der Waals surface area contributed by atoms with Gasteiger partial charge < -0.3 is 16.2 Å². The molecule has 2 heterocycles. The summed E-state index contributed by atoms with van der Waals surface area (Å²) in [6, 6.07) is 7.43. The van der Waals surface area contributed by atoms with Crippen LogP contribution in [0, 0.1) is 0 Å². The van der Waals surface area contributed by atoms with Crippen molar-refractivity contribution in [1.82, 2.24) is 4.90 Å². The Balaban J connectivity index is 1.77. The summed E-state index contributed by atoms with van der Waals surface area (Å²) in [6.07, 6.45) is 1.85. The Labute approximate surface area is 122 Å².